The van der Waals surface area contributed by atoms with E-state index in [1.165, 1.54) is 0 Å². The largest absolute Gasteiger partial charge is 0.322 e. The van der Waals surface area contributed by atoms with Gasteiger partial charge in [-0.25, -0.2) is 0 Å². The average molecular weight is 357 g/mol. The highest BCUT2D eigenvalue weighted by Gasteiger charge is 2.13. The lowest BCUT2D eigenvalue weighted by molar-refractivity contribution is 0.102. The number of anilines is 2. The predicted octanol–water partition coefficient (Wildman–Crippen LogP) is 4.89. The van der Waals surface area contributed by atoms with Crippen molar-refractivity contribution in [3.05, 3.63) is 58.1 Å². The van der Waals surface area contributed by atoms with Crippen LogP contribution in [0.5, 0.6) is 0 Å². The standard InChI is InChI=1S/C15H14Cl2N2O2S/c1-19(22-21-2)12-6-7-14(17)13(9-12)15(20)18-11-5-3-4-10(16)8-11/h3-9H,1-2H3,(H,18,20). The van der Waals surface area contributed by atoms with Crippen LogP contribution in [0.25, 0.3) is 0 Å². The van der Waals surface area contributed by atoms with Crippen molar-refractivity contribution in [3.63, 3.8) is 0 Å². The van der Waals surface area contributed by atoms with E-state index in [0.29, 0.717) is 21.3 Å². The second kappa shape index (κ2) is 7.74. The molecule has 0 saturated carbocycles. The number of benzene rings is 2. The number of carbonyl (C=O) groups is 1. The molecule has 2 aromatic carbocycles. The number of halogens is 2. The molecule has 1 N–H and O–H groups in total. The zero-order valence-corrected chi connectivity index (χ0v) is 14.3. The van der Waals surface area contributed by atoms with Gasteiger partial charge < -0.3 is 9.50 Å². The van der Waals surface area contributed by atoms with Gasteiger partial charge in [0, 0.05) is 23.4 Å². The smallest absolute Gasteiger partial charge is 0.257 e. The van der Waals surface area contributed by atoms with Crippen LogP contribution in [0.4, 0.5) is 11.4 Å². The summed E-state index contributed by atoms with van der Waals surface area (Å²) in [5.41, 5.74) is 1.79. The molecule has 0 atom stereocenters. The number of amides is 1. The van der Waals surface area contributed by atoms with Crippen LogP contribution in [-0.2, 0) is 4.18 Å². The van der Waals surface area contributed by atoms with Gasteiger partial charge in [-0.15, -0.1) is 0 Å². The molecular weight excluding hydrogens is 343 g/mol. The van der Waals surface area contributed by atoms with Gasteiger partial charge in [0.2, 0.25) is 0 Å². The molecule has 0 fully saturated rings. The van der Waals surface area contributed by atoms with E-state index in [1.807, 2.05) is 13.1 Å². The highest BCUT2D eigenvalue weighted by atomic mass is 35.5. The topological polar surface area (TPSA) is 41.6 Å². The second-order valence-corrected chi connectivity index (χ2v) is 6.24. The van der Waals surface area contributed by atoms with Crippen molar-refractivity contribution >= 4 is 52.7 Å². The molecule has 0 bridgehead atoms. The van der Waals surface area contributed by atoms with Crippen LogP contribution in [0.3, 0.4) is 0 Å². The molecule has 0 aromatic heterocycles. The quantitative estimate of drug-likeness (QED) is 0.611. The molecule has 22 heavy (non-hydrogen) atoms. The Labute approximate surface area is 143 Å². The van der Waals surface area contributed by atoms with Crippen LogP contribution < -0.4 is 9.62 Å². The molecule has 0 spiro atoms. The predicted molar refractivity (Wildman–Crippen MR) is 93.9 cm³/mol. The zero-order chi connectivity index (χ0) is 16.1. The maximum Gasteiger partial charge on any atom is 0.257 e. The summed E-state index contributed by atoms with van der Waals surface area (Å²) in [6.45, 7) is 0. The normalized spacial score (nSPS) is 10.4. The molecule has 2 aromatic rings. The van der Waals surface area contributed by atoms with E-state index in [1.54, 1.807) is 47.8 Å². The van der Waals surface area contributed by atoms with Crippen molar-refractivity contribution in [1.29, 1.82) is 0 Å². The van der Waals surface area contributed by atoms with Crippen LogP contribution in [0.15, 0.2) is 42.5 Å². The first-order valence-corrected chi connectivity index (χ1v) is 7.77. The first-order chi connectivity index (χ1) is 10.5. The van der Waals surface area contributed by atoms with E-state index in [-0.39, 0.29) is 5.91 Å². The van der Waals surface area contributed by atoms with Gasteiger partial charge in [-0.1, -0.05) is 29.3 Å². The summed E-state index contributed by atoms with van der Waals surface area (Å²) in [4.78, 5) is 12.4. The van der Waals surface area contributed by atoms with Crippen LogP contribution in [-0.4, -0.2) is 20.1 Å². The maximum atomic E-state index is 12.4. The van der Waals surface area contributed by atoms with Crippen molar-refractivity contribution in [2.75, 3.05) is 23.8 Å². The van der Waals surface area contributed by atoms with E-state index >= 15 is 0 Å². The van der Waals surface area contributed by atoms with Gasteiger partial charge in [-0.2, -0.15) is 0 Å². The van der Waals surface area contributed by atoms with Crippen molar-refractivity contribution in [2.24, 2.45) is 0 Å². The third kappa shape index (κ3) is 4.30. The van der Waals surface area contributed by atoms with Crippen LogP contribution in [0.1, 0.15) is 10.4 Å². The molecular formula is C15H14Cl2N2O2S. The van der Waals surface area contributed by atoms with Crippen molar-refractivity contribution < 1.29 is 8.98 Å². The van der Waals surface area contributed by atoms with Crippen molar-refractivity contribution in [1.82, 2.24) is 0 Å². The summed E-state index contributed by atoms with van der Waals surface area (Å²) in [6.07, 6.45) is 0. The third-order valence-corrected chi connectivity index (χ3v) is 3.98. The van der Waals surface area contributed by atoms with Gasteiger partial charge in [0.25, 0.3) is 5.91 Å². The minimum Gasteiger partial charge on any atom is -0.322 e. The highest BCUT2D eigenvalue weighted by Crippen LogP contribution is 2.27. The number of rotatable bonds is 5. The average Bonchev–Trinajstić information content (AvgIpc) is 2.47. The van der Waals surface area contributed by atoms with Gasteiger partial charge in [-0.3, -0.25) is 9.10 Å². The van der Waals surface area contributed by atoms with Crippen LogP contribution in [0.2, 0.25) is 10.0 Å². The minimum atomic E-state index is -0.301. The van der Waals surface area contributed by atoms with Gasteiger partial charge >= 0.3 is 0 Å². The number of carbonyl (C=O) groups excluding carboxylic acids is 1. The fourth-order valence-electron chi connectivity index (χ4n) is 1.80. The number of hydrogen-bond acceptors (Lipinski definition) is 4. The Morgan fingerprint density at radius 1 is 1.23 bits per heavy atom. The molecule has 1 amide bonds. The lowest BCUT2D eigenvalue weighted by Gasteiger charge is -2.17. The Bertz CT molecular complexity index is 682. The Kier molecular flexibility index (Phi) is 5.97. The summed E-state index contributed by atoms with van der Waals surface area (Å²) in [5, 5.41) is 3.70. The number of hydrogen-bond donors (Lipinski definition) is 1. The molecule has 0 aliphatic heterocycles. The van der Waals surface area contributed by atoms with Crippen LogP contribution in [0, 0.1) is 0 Å². The van der Waals surface area contributed by atoms with E-state index in [0.717, 1.165) is 17.9 Å². The van der Waals surface area contributed by atoms with Crippen LogP contribution >= 0.6 is 35.4 Å². The minimum absolute atomic E-state index is 0.301. The molecule has 0 heterocycles. The molecule has 7 heteroatoms. The first-order valence-electron chi connectivity index (χ1n) is 6.32. The third-order valence-electron chi connectivity index (χ3n) is 2.83. The molecule has 0 radical (unpaired) electrons. The van der Waals surface area contributed by atoms with E-state index in [4.69, 9.17) is 27.4 Å². The number of nitrogens with zero attached hydrogens (tertiary/aromatic N) is 1. The van der Waals surface area contributed by atoms with Gasteiger partial charge in [0.05, 0.1) is 17.7 Å². The fraction of sp³-hybridized carbons (Fsp3) is 0.133. The Balaban J connectivity index is 2.23. The summed E-state index contributed by atoms with van der Waals surface area (Å²) in [7, 11) is 3.40. The molecule has 0 unspecified atom stereocenters. The summed E-state index contributed by atoms with van der Waals surface area (Å²) in [6, 6.07) is 12.1. The molecule has 0 aliphatic carbocycles. The Morgan fingerprint density at radius 2 is 2.00 bits per heavy atom. The summed E-state index contributed by atoms with van der Waals surface area (Å²) >= 11 is 13.2. The SMILES string of the molecule is COSN(C)c1ccc(Cl)c(C(=O)Nc2cccc(Cl)c2)c1. The monoisotopic (exact) mass is 356 g/mol. The molecule has 0 aliphatic rings. The summed E-state index contributed by atoms with van der Waals surface area (Å²) < 4.78 is 6.78. The lowest BCUT2D eigenvalue weighted by Crippen LogP contribution is -2.14. The summed E-state index contributed by atoms with van der Waals surface area (Å²) in [5.74, 6) is -0.301. The maximum absolute atomic E-state index is 12.4. The number of nitrogens with one attached hydrogen (secondary N) is 1. The van der Waals surface area contributed by atoms with Gasteiger partial charge in [0.1, 0.15) is 12.2 Å². The van der Waals surface area contributed by atoms with Gasteiger partial charge in [-0.05, 0) is 36.4 Å². The lowest BCUT2D eigenvalue weighted by atomic mass is 10.1. The fourth-order valence-corrected chi connectivity index (χ4v) is 2.62. The van der Waals surface area contributed by atoms with E-state index in [9.17, 15) is 4.79 Å². The van der Waals surface area contributed by atoms with Crippen molar-refractivity contribution in [2.45, 2.75) is 0 Å². The zero-order valence-electron chi connectivity index (χ0n) is 12.0. The molecule has 116 valence electrons. The van der Waals surface area contributed by atoms with E-state index < -0.39 is 0 Å². The molecule has 2 rings (SSSR count). The Morgan fingerprint density at radius 3 is 2.68 bits per heavy atom. The molecule has 0 saturated heterocycles. The van der Waals surface area contributed by atoms with Crippen molar-refractivity contribution in [3.8, 4) is 0 Å². The molecule has 4 nitrogen and oxygen atoms in total. The van der Waals surface area contributed by atoms with Gasteiger partial charge in [0.15, 0.2) is 0 Å². The Hall–Kier alpha value is -1.40. The first kappa shape index (κ1) is 17.0. The highest BCUT2D eigenvalue weighted by molar-refractivity contribution is 7.96. The second-order valence-electron chi connectivity index (χ2n) is 4.37. The van der Waals surface area contributed by atoms with E-state index in [2.05, 4.69) is 5.32 Å².